The van der Waals surface area contributed by atoms with Crippen LogP contribution < -0.4 is 4.90 Å². The topological polar surface area (TPSA) is 23.5 Å². The van der Waals surface area contributed by atoms with E-state index in [4.69, 9.17) is 0 Å². The standard InChI is InChI=1S/C16H25NO/c1-12-9-13(16(2,3)4)11-14(10-12)17-7-5-15(18)6-8-17/h9-11,15,18H,5-8H2,1-4H3. The number of hydrogen-bond donors (Lipinski definition) is 1. The average Bonchev–Trinajstić information content (AvgIpc) is 2.28. The lowest BCUT2D eigenvalue weighted by atomic mass is 9.85. The van der Waals surface area contributed by atoms with Crippen LogP contribution in [0.3, 0.4) is 0 Å². The molecule has 0 bridgehead atoms. The molecule has 0 aliphatic carbocycles. The molecule has 1 heterocycles. The van der Waals surface area contributed by atoms with Crippen molar-refractivity contribution >= 4 is 5.69 Å². The number of hydrogen-bond acceptors (Lipinski definition) is 2. The Morgan fingerprint density at radius 2 is 1.72 bits per heavy atom. The van der Waals surface area contributed by atoms with Crippen LogP contribution in [0.1, 0.15) is 44.7 Å². The van der Waals surface area contributed by atoms with Crippen LogP contribution in [-0.4, -0.2) is 24.3 Å². The van der Waals surface area contributed by atoms with Crippen molar-refractivity contribution in [3.63, 3.8) is 0 Å². The van der Waals surface area contributed by atoms with E-state index in [9.17, 15) is 5.11 Å². The molecule has 18 heavy (non-hydrogen) atoms. The van der Waals surface area contributed by atoms with Crippen LogP contribution in [0, 0.1) is 6.92 Å². The van der Waals surface area contributed by atoms with Crippen molar-refractivity contribution in [2.24, 2.45) is 0 Å². The monoisotopic (exact) mass is 247 g/mol. The van der Waals surface area contributed by atoms with Crippen molar-refractivity contribution in [1.29, 1.82) is 0 Å². The van der Waals surface area contributed by atoms with Gasteiger partial charge in [0.05, 0.1) is 6.10 Å². The number of aliphatic hydroxyl groups excluding tert-OH is 1. The van der Waals surface area contributed by atoms with Gasteiger partial charge in [0.1, 0.15) is 0 Å². The van der Waals surface area contributed by atoms with Gasteiger partial charge in [-0.1, -0.05) is 26.8 Å². The highest BCUT2D eigenvalue weighted by atomic mass is 16.3. The molecule has 1 aromatic carbocycles. The van der Waals surface area contributed by atoms with Crippen LogP contribution in [0.4, 0.5) is 5.69 Å². The van der Waals surface area contributed by atoms with Gasteiger partial charge in [0.15, 0.2) is 0 Å². The van der Waals surface area contributed by atoms with E-state index in [2.05, 4.69) is 50.8 Å². The first-order valence-electron chi connectivity index (χ1n) is 6.91. The zero-order valence-electron chi connectivity index (χ0n) is 12.0. The molecule has 0 saturated carbocycles. The largest absolute Gasteiger partial charge is 0.393 e. The molecule has 0 unspecified atom stereocenters. The summed E-state index contributed by atoms with van der Waals surface area (Å²) >= 11 is 0. The van der Waals surface area contributed by atoms with Crippen LogP contribution in [0.25, 0.3) is 0 Å². The molecule has 0 radical (unpaired) electrons. The van der Waals surface area contributed by atoms with E-state index in [-0.39, 0.29) is 11.5 Å². The van der Waals surface area contributed by atoms with E-state index in [1.54, 1.807) is 0 Å². The molecule has 1 N–H and O–H groups in total. The molecular formula is C16H25NO. The molecule has 2 nitrogen and oxygen atoms in total. The highest BCUT2D eigenvalue weighted by molar-refractivity contribution is 5.52. The first-order valence-corrected chi connectivity index (χ1v) is 6.91. The predicted molar refractivity (Wildman–Crippen MR) is 77.3 cm³/mol. The fourth-order valence-corrected chi connectivity index (χ4v) is 2.50. The van der Waals surface area contributed by atoms with Gasteiger partial charge in [-0.05, 0) is 48.4 Å². The minimum Gasteiger partial charge on any atom is -0.393 e. The molecule has 0 amide bonds. The van der Waals surface area contributed by atoms with Crippen molar-refractivity contribution in [1.82, 2.24) is 0 Å². The Kier molecular flexibility index (Phi) is 3.67. The second kappa shape index (κ2) is 4.93. The summed E-state index contributed by atoms with van der Waals surface area (Å²) in [7, 11) is 0. The lowest BCUT2D eigenvalue weighted by Crippen LogP contribution is -2.36. The number of nitrogens with zero attached hydrogens (tertiary/aromatic N) is 1. The van der Waals surface area contributed by atoms with E-state index in [1.807, 2.05) is 0 Å². The normalized spacial score (nSPS) is 18.2. The van der Waals surface area contributed by atoms with E-state index < -0.39 is 0 Å². The van der Waals surface area contributed by atoms with Crippen molar-refractivity contribution in [3.8, 4) is 0 Å². The van der Waals surface area contributed by atoms with Gasteiger partial charge in [-0.3, -0.25) is 0 Å². The predicted octanol–water partition coefficient (Wildman–Crippen LogP) is 3.25. The number of anilines is 1. The SMILES string of the molecule is Cc1cc(N2CCC(O)CC2)cc(C(C)(C)C)c1. The summed E-state index contributed by atoms with van der Waals surface area (Å²) in [4.78, 5) is 2.40. The van der Waals surface area contributed by atoms with Crippen molar-refractivity contribution < 1.29 is 5.11 Å². The van der Waals surface area contributed by atoms with Crippen LogP contribution >= 0.6 is 0 Å². The zero-order valence-corrected chi connectivity index (χ0v) is 12.0. The summed E-state index contributed by atoms with van der Waals surface area (Å²) in [5.41, 5.74) is 4.22. The third-order valence-corrected chi connectivity index (χ3v) is 3.76. The smallest absolute Gasteiger partial charge is 0.0574 e. The Hall–Kier alpha value is -1.02. The summed E-state index contributed by atoms with van der Waals surface area (Å²) in [5, 5.41) is 9.59. The van der Waals surface area contributed by atoms with Crippen LogP contribution in [0.2, 0.25) is 0 Å². The van der Waals surface area contributed by atoms with Gasteiger partial charge < -0.3 is 10.0 Å². The van der Waals surface area contributed by atoms with Crippen LogP contribution in [0.5, 0.6) is 0 Å². The van der Waals surface area contributed by atoms with Gasteiger partial charge in [-0.2, -0.15) is 0 Å². The first-order chi connectivity index (χ1) is 8.36. The molecule has 100 valence electrons. The zero-order chi connectivity index (χ0) is 13.3. The maximum atomic E-state index is 9.59. The van der Waals surface area contributed by atoms with Gasteiger partial charge in [-0.25, -0.2) is 0 Å². The van der Waals surface area contributed by atoms with E-state index in [0.717, 1.165) is 25.9 Å². The maximum absolute atomic E-state index is 9.59. The average molecular weight is 247 g/mol. The molecular weight excluding hydrogens is 222 g/mol. The van der Waals surface area contributed by atoms with Gasteiger partial charge in [0.25, 0.3) is 0 Å². The fraction of sp³-hybridized carbons (Fsp3) is 0.625. The van der Waals surface area contributed by atoms with Gasteiger partial charge in [0, 0.05) is 18.8 Å². The Balaban J connectivity index is 2.25. The summed E-state index contributed by atoms with van der Waals surface area (Å²) in [6.45, 7) is 10.9. The lowest BCUT2D eigenvalue weighted by Gasteiger charge is -2.33. The van der Waals surface area contributed by atoms with Crippen LogP contribution in [0.15, 0.2) is 18.2 Å². The Morgan fingerprint density at radius 3 is 2.28 bits per heavy atom. The minimum absolute atomic E-state index is 0.104. The molecule has 0 aromatic heterocycles. The van der Waals surface area contributed by atoms with E-state index >= 15 is 0 Å². The molecule has 1 saturated heterocycles. The molecule has 0 spiro atoms. The molecule has 1 aliphatic rings. The molecule has 2 rings (SSSR count). The van der Waals surface area contributed by atoms with Gasteiger partial charge >= 0.3 is 0 Å². The maximum Gasteiger partial charge on any atom is 0.0574 e. The number of aryl methyl sites for hydroxylation is 1. The minimum atomic E-state index is -0.104. The molecule has 1 aliphatic heterocycles. The number of benzene rings is 1. The third-order valence-electron chi connectivity index (χ3n) is 3.76. The summed E-state index contributed by atoms with van der Waals surface area (Å²) in [5.74, 6) is 0. The fourth-order valence-electron chi connectivity index (χ4n) is 2.50. The summed E-state index contributed by atoms with van der Waals surface area (Å²) in [6, 6.07) is 6.85. The molecule has 1 aromatic rings. The molecule has 2 heteroatoms. The molecule has 0 atom stereocenters. The van der Waals surface area contributed by atoms with Crippen molar-refractivity contribution in [2.45, 2.75) is 52.1 Å². The second-order valence-corrected chi connectivity index (χ2v) is 6.53. The van der Waals surface area contributed by atoms with Crippen molar-refractivity contribution in [3.05, 3.63) is 29.3 Å². The second-order valence-electron chi connectivity index (χ2n) is 6.53. The van der Waals surface area contributed by atoms with E-state index in [1.165, 1.54) is 16.8 Å². The third kappa shape index (κ3) is 3.05. The summed E-state index contributed by atoms with van der Waals surface area (Å²) < 4.78 is 0. The molecule has 1 fully saturated rings. The highest BCUT2D eigenvalue weighted by Gasteiger charge is 2.20. The number of rotatable bonds is 1. The van der Waals surface area contributed by atoms with Gasteiger partial charge in [0.2, 0.25) is 0 Å². The summed E-state index contributed by atoms with van der Waals surface area (Å²) in [6.07, 6.45) is 1.67. The quantitative estimate of drug-likeness (QED) is 0.823. The highest BCUT2D eigenvalue weighted by Crippen LogP contribution is 2.29. The van der Waals surface area contributed by atoms with E-state index in [0.29, 0.717) is 0 Å². The first kappa shape index (κ1) is 13.4. The Labute approximate surface area is 111 Å². The van der Waals surface area contributed by atoms with Gasteiger partial charge in [-0.15, -0.1) is 0 Å². The van der Waals surface area contributed by atoms with Crippen LogP contribution in [-0.2, 0) is 5.41 Å². The number of aliphatic hydroxyl groups is 1. The number of piperidine rings is 1. The Bertz CT molecular complexity index is 412. The van der Waals surface area contributed by atoms with Crippen molar-refractivity contribution in [2.75, 3.05) is 18.0 Å². The lowest BCUT2D eigenvalue weighted by molar-refractivity contribution is 0.145. The Morgan fingerprint density at radius 1 is 1.11 bits per heavy atom.